The molecule has 10 heteroatoms. The number of nitrogens with zero attached hydrogens (tertiary/aromatic N) is 4. The van der Waals surface area contributed by atoms with Gasteiger partial charge in [-0.05, 0) is 26.7 Å². The first kappa shape index (κ1) is 43.5. The summed E-state index contributed by atoms with van der Waals surface area (Å²) in [6.07, 6.45) is 25.7. The van der Waals surface area contributed by atoms with Gasteiger partial charge >= 0.3 is 0 Å². The maximum Gasteiger partial charge on any atom is 0.222 e. The third kappa shape index (κ3) is 23.4. The number of hydrogen-bond donors (Lipinski definition) is 0. The fraction of sp³-hybridized carbons (Fsp3) is 0.914. The molecule has 0 saturated carbocycles. The van der Waals surface area contributed by atoms with Crippen molar-refractivity contribution in [3.63, 3.8) is 0 Å². The molecule has 0 spiro atoms. The van der Waals surface area contributed by atoms with Crippen LogP contribution >= 0.6 is 0 Å². The molecule has 1 amide bonds. The quantitative estimate of drug-likeness (QED) is 0.0361. The first-order chi connectivity index (χ1) is 21.7. The Morgan fingerprint density at radius 3 is 1.80 bits per heavy atom. The van der Waals surface area contributed by atoms with Crippen molar-refractivity contribution in [2.24, 2.45) is 4.99 Å². The van der Waals surface area contributed by atoms with Crippen molar-refractivity contribution >= 4 is 22.1 Å². The van der Waals surface area contributed by atoms with Crippen LogP contribution < -0.4 is 0 Å². The Bertz CT molecular complexity index is 906. The van der Waals surface area contributed by atoms with Crippen molar-refractivity contribution in [2.75, 3.05) is 45.9 Å². The number of nitriles is 1. The van der Waals surface area contributed by atoms with Crippen LogP contribution in [0.1, 0.15) is 163 Å². The van der Waals surface area contributed by atoms with Crippen molar-refractivity contribution in [2.45, 2.75) is 163 Å². The molecule has 1 heterocycles. The Balaban J connectivity index is 0.00000246. The van der Waals surface area contributed by atoms with Crippen LogP contribution in [0.5, 0.6) is 0 Å². The summed E-state index contributed by atoms with van der Waals surface area (Å²) in [5, 5.41) is 9.17. The van der Waals surface area contributed by atoms with E-state index in [1.165, 1.54) is 115 Å². The largest absolute Gasteiger partial charge is 0.726 e. The predicted molar refractivity (Wildman–Crippen MR) is 185 cm³/mol. The number of rotatable bonds is 28. The van der Waals surface area contributed by atoms with Gasteiger partial charge in [-0.1, -0.05) is 117 Å². The van der Waals surface area contributed by atoms with Crippen LogP contribution in [-0.2, 0) is 19.4 Å². The number of hydrogen-bond acceptors (Lipinski definition) is 7. The van der Waals surface area contributed by atoms with Crippen molar-refractivity contribution in [1.82, 2.24) is 4.90 Å². The highest BCUT2D eigenvalue weighted by molar-refractivity contribution is 7.80. The number of amidine groups is 1. The standard InChI is InChI=1S/C33H63N4O.C2H6O4S/c1-4-7-9-11-13-15-17-19-21-24-32-35-27-30-37(32,6-3)31-29-36(28-23-26-34)33(38)25-22-20-18-16-14-12-10-8-5-2;1-2-6-7(3,4)5/h4-25,27-31H2,1-3H3;2H2,1H3,(H,3,4,5)/q+1;/p-1. The van der Waals surface area contributed by atoms with Crippen molar-refractivity contribution in [1.29, 1.82) is 5.26 Å². The van der Waals surface area contributed by atoms with E-state index in [9.17, 15) is 17.8 Å². The van der Waals surface area contributed by atoms with Crippen LogP contribution in [0.25, 0.3) is 0 Å². The normalized spacial score (nSPS) is 16.1. The molecular formula is C35H68N4O5S. The minimum absolute atomic E-state index is 0.0914. The van der Waals surface area contributed by atoms with Gasteiger partial charge in [0.15, 0.2) is 5.84 Å². The van der Waals surface area contributed by atoms with Gasteiger partial charge in [0.25, 0.3) is 0 Å². The summed E-state index contributed by atoms with van der Waals surface area (Å²) in [5.41, 5.74) is 0. The van der Waals surface area contributed by atoms with Gasteiger partial charge in [-0.25, -0.2) is 13.4 Å². The number of amides is 1. The zero-order chi connectivity index (χ0) is 33.7. The summed E-state index contributed by atoms with van der Waals surface area (Å²) in [4.78, 5) is 20.0. The minimum atomic E-state index is -4.42. The lowest BCUT2D eigenvalue weighted by atomic mass is 10.1. The van der Waals surface area contributed by atoms with Gasteiger partial charge in [-0.3, -0.25) is 13.5 Å². The van der Waals surface area contributed by atoms with Crippen LogP contribution in [0, 0.1) is 11.3 Å². The molecule has 0 aromatic rings. The maximum atomic E-state index is 13.1. The van der Waals surface area contributed by atoms with Gasteiger partial charge in [0, 0.05) is 19.4 Å². The van der Waals surface area contributed by atoms with Gasteiger partial charge < -0.3 is 9.45 Å². The molecule has 0 fully saturated rings. The second-order valence-electron chi connectivity index (χ2n) is 12.5. The van der Waals surface area contributed by atoms with Gasteiger partial charge in [0.05, 0.1) is 38.7 Å². The Kier molecular flexibility index (Phi) is 27.7. The van der Waals surface area contributed by atoms with E-state index in [-0.39, 0.29) is 12.5 Å². The number of carbonyl (C=O) groups excluding carboxylic acids is 1. The Labute approximate surface area is 277 Å². The molecule has 1 unspecified atom stereocenters. The Hall–Kier alpha value is -1.54. The monoisotopic (exact) mass is 656 g/mol. The lowest BCUT2D eigenvalue weighted by Gasteiger charge is -2.36. The highest BCUT2D eigenvalue weighted by Crippen LogP contribution is 2.21. The lowest BCUT2D eigenvalue weighted by molar-refractivity contribution is -0.833. The van der Waals surface area contributed by atoms with E-state index in [0.29, 0.717) is 19.4 Å². The third-order valence-corrected chi connectivity index (χ3v) is 9.40. The number of quaternary nitrogens is 1. The van der Waals surface area contributed by atoms with E-state index in [1.807, 2.05) is 4.90 Å². The van der Waals surface area contributed by atoms with Crippen LogP contribution in [-0.4, -0.2) is 80.0 Å². The third-order valence-electron chi connectivity index (χ3n) is 8.88. The van der Waals surface area contributed by atoms with Crippen LogP contribution in [0.3, 0.4) is 0 Å². The highest BCUT2D eigenvalue weighted by atomic mass is 32.3. The van der Waals surface area contributed by atoms with E-state index in [0.717, 1.165) is 56.5 Å². The lowest BCUT2D eigenvalue weighted by Crippen LogP contribution is -2.54. The molecule has 1 aliphatic rings. The number of carbonyl (C=O) groups is 1. The molecule has 0 aliphatic carbocycles. The molecule has 1 atom stereocenters. The first-order valence-corrected chi connectivity index (χ1v) is 19.7. The highest BCUT2D eigenvalue weighted by Gasteiger charge is 2.36. The molecular weight excluding hydrogens is 588 g/mol. The molecule has 264 valence electrons. The fourth-order valence-electron chi connectivity index (χ4n) is 6.05. The summed E-state index contributed by atoms with van der Waals surface area (Å²) < 4.78 is 33.0. The molecule has 0 bridgehead atoms. The van der Waals surface area contributed by atoms with Gasteiger partial charge in [-0.2, -0.15) is 5.26 Å². The van der Waals surface area contributed by atoms with E-state index in [2.05, 4.69) is 31.0 Å². The number of aliphatic imine (C=N–C) groups is 1. The second kappa shape index (κ2) is 28.7. The molecule has 0 N–H and O–H groups in total. The maximum absolute atomic E-state index is 13.1. The zero-order valence-corrected chi connectivity index (χ0v) is 30.4. The van der Waals surface area contributed by atoms with E-state index < -0.39 is 10.4 Å². The van der Waals surface area contributed by atoms with E-state index >= 15 is 0 Å². The van der Waals surface area contributed by atoms with Crippen molar-refractivity contribution in [3.05, 3.63) is 0 Å². The van der Waals surface area contributed by atoms with E-state index in [4.69, 9.17) is 10.3 Å². The van der Waals surface area contributed by atoms with Gasteiger partial charge in [0.2, 0.25) is 16.3 Å². The smallest absolute Gasteiger partial charge is 0.222 e. The van der Waals surface area contributed by atoms with Crippen LogP contribution in [0.2, 0.25) is 0 Å². The summed E-state index contributed by atoms with van der Waals surface area (Å²) in [5.74, 6) is 1.61. The molecule has 1 aliphatic heterocycles. The Morgan fingerprint density at radius 2 is 1.36 bits per heavy atom. The topological polar surface area (TPSA) is 123 Å². The summed E-state index contributed by atoms with van der Waals surface area (Å²) >= 11 is 0. The molecule has 0 aromatic heterocycles. The van der Waals surface area contributed by atoms with Crippen molar-refractivity contribution < 1.29 is 26.4 Å². The minimum Gasteiger partial charge on any atom is -0.726 e. The SMILES string of the molecule is CCCCCCCCCCCC(=O)N(CCC#N)CC[N+]1(CC)CCN=C1CCCCCCCCCCC.CCOS(=O)(=O)[O-]. The molecule has 1 rings (SSSR count). The van der Waals surface area contributed by atoms with Crippen molar-refractivity contribution in [3.8, 4) is 6.07 Å². The predicted octanol–water partition coefficient (Wildman–Crippen LogP) is 8.30. The average molecular weight is 657 g/mol. The summed E-state index contributed by atoms with van der Waals surface area (Å²) in [6, 6.07) is 2.25. The Morgan fingerprint density at radius 1 is 0.844 bits per heavy atom. The molecule has 0 radical (unpaired) electrons. The van der Waals surface area contributed by atoms with E-state index in [1.54, 1.807) is 0 Å². The average Bonchev–Trinajstić information content (AvgIpc) is 3.41. The fourth-order valence-corrected chi connectivity index (χ4v) is 6.34. The molecule has 45 heavy (non-hydrogen) atoms. The number of likely N-dealkylation sites (N-methyl/N-ethyl adjacent to an activating group) is 1. The van der Waals surface area contributed by atoms with Crippen LogP contribution in [0.4, 0.5) is 0 Å². The number of unbranched alkanes of at least 4 members (excludes halogenated alkanes) is 16. The molecule has 9 nitrogen and oxygen atoms in total. The molecule has 0 saturated heterocycles. The summed E-state index contributed by atoms with van der Waals surface area (Å²) in [7, 11) is -4.42. The van der Waals surface area contributed by atoms with Gasteiger partial charge in [0.1, 0.15) is 13.1 Å². The summed E-state index contributed by atoms with van der Waals surface area (Å²) in [6.45, 7) is 13.5. The van der Waals surface area contributed by atoms with Gasteiger partial charge in [-0.15, -0.1) is 0 Å². The second-order valence-corrected chi connectivity index (χ2v) is 13.5. The molecule has 0 aromatic carbocycles. The zero-order valence-electron chi connectivity index (χ0n) is 29.5. The first-order valence-electron chi connectivity index (χ1n) is 18.3. The van der Waals surface area contributed by atoms with Crippen LogP contribution in [0.15, 0.2) is 4.99 Å².